The first-order chi connectivity index (χ1) is 19.3. The molecule has 0 radical (unpaired) electrons. The zero-order valence-electron chi connectivity index (χ0n) is 24.5. The van der Waals surface area contributed by atoms with Crippen molar-refractivity contribution in [1.82, 2.24) is 4.90 Å². The molecule has 1 saturated heterocycles. The Hall–Kier alpha value is -3.48. The van der Waals surface area contributed by atoms with Gasteiger partial charge in [-0.15, -0.1) is 0 Å². The third-order valence-corrected chi connectivity index (χ3v) is 8.16. The smallest absolute Gasteiger partial charge is 0.328 e. The van der Waals surface area contributed by atoms with Crippen LogP contribution in [0.5, 0.6) is 17.2 Å². The van der Waals surface area contributed by atoms with E-state index >= 15 is 0 Å². The van der Waals surface area contributed by atoms with Gasteiger partial charge in [-0.05, 0) is 106 Å². The van der Waals surface area contributed by atoms with Gasteiger partial charge in [0.15, 0.2) is 11.5 Å². The topological polar surface area (TPSA) is 74.3 Å². The molecule has 0 bridgehead atoms. The van der Waals surface area contributed by atoms with Gasteiger partial charge in [-0.1, -0.05) is 24.3 Å². The number of benzene rings is 2. The fraction of sp³-hybridized carbons (Fsp3) is 0.515. The van der Waals surface area contributed by atoms with E-state index in [1.807, 2.05) is 44.2 Å². The molecule has 3 atom stereocenters. The molecule has 1 heterocycles. The van der Waals surface area contributed by atoms with Crippen LogP contribution in [0.25, 0.3) is 0 Å². The van der Waals surface area contributed by atoms with Crippen molar-refractivity contribution in [2.24, 2.45) is 5.92 Å². The van der Waals surface area contributed by atoms with E-state index in [9.17, 15) is 9.59 Å². The number of carbonyl (C=O) groups is 2. The molecule has 1 aliphatic heterocycles. The van der Waals surface area contributed by atoms with Crippen LogP contribution in [0, 0.1) is 26.7 Å². The molecule has 0 spiro atoms. The molecule has 0 aromatic heterocycles. The molecular formula is C33H43NO6. The van der Waals surface area contributed by atoms with E-state index in [0.717, 1.165) is 54.5 Å². The molecule has 0 unspecified atom stereocenters. The van der Waals surface area contributed by atoms with Gasteiger partial charge in [0.25, 0.3) is 0 Å². The Labute approximate surface area is 238 Å². The van der Waals surface area contributed by atoms with Gasteiger partial charge < -0.3 is 23.8 Å². The number of esters is 1. The second-order valence-electron chi connectivity index (χ2n) is 10.9. The highest BCUT2D eigenvalue weighted by Crippen LogP contribution is 2.40. The molecule has 0 N–H and O–H groups in total. The van der Waals surface area contributed by atoms with Gasteiger partial charge in [-0.2, -0.15) is 0 Å². The van der Waals surface area contributed by atoms with Crippen molar-refractivity contribution in [2.75, 3.05) is 34.0 Å². The van der Waals surface area contributed by atoms with Gasteiger partial charge in [0, 0.05) is 6.54 Å². The zero-order chi connectivity index (χ0) is 28.6. The molecule has 2 aromatic rings. The summed E-state index contributed by atoms with van der Waals surface area (Å²) in [6, 6.07) is 9.25. The van der Waals surface area contributed by atoms with Crippen molar-refractivity contribution in [1.29, 1.82) is 0 Å². The van der Waals surface area contributed by atoms with Gasteiger partial charge in [0.1, 0.15) is 25.0 Å². The molecule has 40 heavy (non-hydrogen) atoms. The Morgan fingerprint density at radius 2 is 1.75 bits per heavy atom. The first-order valence-corrected chi connectivity index (χ1v) is 14.4. The summed E-state index contributed by atoms with van der Waals surface area (Å²) in [6.45, 7) is 6.99. The monoisotopic (exact) mass is 549 g/mol. The van der Waals surface area contributed by atoms with Crippen molar-refractivity contribution in [3.05, 3.63) is 64.7 Å². The fourth-order valence-electron chi connectivity index (χ4n) is 5.87. The highest BCUT2D eigenvalue weighted by Gasteiger charge is 2.40. The number of methoxy groups -OCH3 is 2. The SMILES string of the molecule is COc1cc([C@@H](C(=O)N2CCCC[C@H]2C(=O)OCCOc2ccc(C)c(C)c2)[C@@H]2C=CCCC2)cc(C)c1OC. The predicted octanol–water partition coefficient (Wildman–Crippen LogP) is 6.07. The number of ether oxygens (including phenoxy) is 4. The first kappa shape index (κ1) is 29.5. The van der Waals surface area contributed by atoms with Crippen LogP contribution in [0.2, 0.25) is 0 Å². The average molecular weight is 550 g/mol. The summed E-state index contributed by atoms with van der Waals surface area (Å²) in [6.07, 6.45) is 9.64. The minimum atomic E-state index is -0.598. The van der Waals surface area contributed by atoms with Crippen LogP contribution >= 0.6 is 0 Å². The number of likely N-dealkylation sites (tertiary alicyclic amines) is 1. The molecule has 4 rings (SSSR count). The van der Waals surface area contributed by atoms with Gasteiger partial charge in [0.05, 0.1) is 20.1 Å². The van der Waals surface area contributed by atoms with Crippen LogP contribution < -0.4 is 14.2 Å². The normalized spacial score (nSPS) is 19.6. The van der Waals surface area contributed by atoms with E-state index < -0.39 is 12.0 Å². The summed E-state index contributed by atoms with van der Waals surface area (Å²) in [7, 11) is 3.23. The van der Waals surface area contributed by atoms with E-state index in [1.54, 1.807) is 19.1 Å². The van der Waals surface area contributed by atoms with Gasteiger partial charge in [-0.25, -0.2) is 4.79 Å². The lowest BCUT2D eigenvalue weighted by Crippen LogP contribution is -2.51. The number of aryl methyl sites for hydroxylation is 3. The molecule has 2 aromatic carbocycles. The number of hydrogen-bond acceptors (Lipinski definition) is 6. The van der Waals surface area contributed by atoms with Crippen molar-refractivity contribution >= 4 is 11.9 Å². The van der Waals surface area contributed by atoms with E-state index in [1.165, 1.54) is 5.56 Å². The van der Waals surface area contributed by atoms with Crippen molar-refractivity contribution in [3.63, 3.8) is 0 Å². The Morgan fingerprint density at radius 3 is 2.45 bits per heavy atom. The summed E-state index contributed by atoms with van der Waals surface area (Å²) >= 11 is 0. The molecule has 1 amide bonds. The second-order valence-corrected chi connectivity index (χ2v) is 10.9. The number of amides is 1. The largest absolute Gasteiger partial charge is 0.493 e. The Kier molecular flexibility index (Phi) is 10.1. The second kappa shape index (κ2) is 13.7. The van der Waals surface area contributed by atoms with E-state index in [4.69, 9.17) is 18.9 Å². The molecule has 7 nitrogen and oxygen atoms in total. The summed E-state index contributed by atoms with van der Waals surface area (Å²) in [5, 5.41) is 0. The first-order valence-electron chi connectivity index (χ1n) is 14.4. The van der Waals surface area contributed by atoms with E-state index in [0.29, 0.717) is 24.5 Å². The van der Waals surface area contributed by atoms with Crippen LogP contribution in [0.3, 0.4) is 0 Å². The molecular weight excluding hydrogens is 506 g/mol. The van der Waals surface area contributed by atoms with Crippen LogP contribution in [0.15, 0.2) is 42.5 Å². The highest BCUT2D eigenvalue weighted by molar-refractivity contribution is 5.89. The van der Waals surface area contributed by atoms with Crippen LogP contribution in [-0.4, -0.2) is 56.8 Å². The third kappa shape index (κ3) is 6.80. The predicted molar refractivity (Wildman–Crippen MR) is 155 cm³/mol. The molecule has 1 fully saturated rings. The summed E-state index contributed by atoms with van der Waals surface area (Å²) < 4.78 is 22.6. The lowest BCUT2D eigenvalue weighted by atomic mass is 9.78. The highest BCUT2D eigenvalue weighted by atomic mass is 16.6. The molecule has 2 aliphatic rings. The van der Waals surface area contributed by atoms with E-state index in [-0.39, 0.29) is 31.0 Å². The maximum Gasteiger partial charge on any atom is 0.328 e. The van der Waals surface area contributed by atoms with Crippen LogP contribution in [0.1, 0.15) is 66.7 Å². The Bertz CT molecular complexity index is 1220. The van der Waals surface area contributed by atoms with Gasteiger partial charge in [0.2, 0.25) is 5.91 Å². The number of piperidine rings is 1. The summed E-state index contributed by atoms with van der Waals surface area (Å²) in [5.74, 6) is 1.25. The summed E-state index contributed by atoms with van der Waals surface area (Å²) in [5.41, 5.74) is 4.15. The molecule has 1 aliphatic carbocycles. The van der Waals surface area contributed by atoms with Crippen molar-refractivity contribution in [3.8, 4) is 17.2 Å². The van der Waals surface area contributed by atoms with Crippen LogP contribution in [0.4, 0.5) is 0 Å². The maximum atomic E-state index is 14.3. The number of allylic oxidation sites excluding steroid dienone is 2. The standard InChI is InChI=1S/C33H43NO6/c1-22-14-15-27(20-23(22)2)39-17-18-40-33(36)28-13-9-10-16-34(28)32(35)30(25-11-7-6-8-12-25)26-19-24(3)31(38-5)29(21-26)37-4/h7,11,14-15,19-21,25,28,30H,6,8-10,12-13,16-18H2,1-5H3/t25-,28+,30+/m1/s1. The third-order valence-electron chi connectivity index (χ3n) is 8.16. The maximum absolute atomic E-state index is 14.3. The van der Waals surface area contributed by atoms with Gasteiger partial charge in [-0.3, -0.25) is 4.79 Å². The van der Waals surface area contributed by atoms with Gasteiger partial charge >= 0.3 is 5.97 Å². The Balaban J connectivity index is 1.50. The zero-order valence-corrected chi connectivity index (χ0v) is 24.5. The van der Waals surface area contributed by atoms with Crippen molar-refractivity contribution < 1.29 is 28.5 Å². The molecule has 0 saturated carbocycles. The quantitative estimate of drug-likeness (QED) is 0.203. The number of carbonyl (C=O) groups excluding carboxylic acids is 2. The summed E-state index contributed by atoms with van der Waals surface area (Å²) in [4.78, 5) is 29.4. The molecule has 216 valence electrons. The fourth-order valence-corrected chi connectivity index (χ4v) is 5.87. The average Bonchev–Trinajstić information content (AvgIpc) is 2.97. The van der Waals surface area contributed by atoms with Crippen molar-refractivity contribution in [2.45, 2.75) is 71.3 Å². The lowest BCUT2D eigenvalue weighted by molar-refractivity contribution is -0.158. The minimum Gasteiger partial charge on any atom is -0.493 e. The lowest BCUT2D eigenvalue weighted by Gasteiger charge is -2.38. The Morgan fingerprint density at radius 1 is 0.925 bits per heavy atom. The number of hydrogen-bond donors (Lipinski definition) is 0. The number of rotatable bonds is 10. The minimum absolute atomic E-state index is 0.0313. The van der Waals surface area contributed by atoms with Crippen LogP contribution in [-0.2, 0) is 14.3 Å². The molecule has 7 heteroatoms. The number of nitrogens with zero attached hydrogens (tertiary/aromatic N) is 1. The van der Waals surface area contributed by atoms with E-state index in [2.05, 4.69) is 19.1 Å².